The number of rotatable bonds is 6. The van der Waals surface area contributed by atoms with E-state index in [0.717, 1.165) is 0 Å². The molecule has 5 heterocycles. The minimum absolute atomic E-state index is 0.0479. The van der Waals surface area contributed by atoms with Crippen molar-refractivity contribution >= 4 is 49.9 Å². The first-order valence-electron chi connectivity index (χ1n) is 14.5. The van der Waals surface area contributed by atoms with Crippen molar-refractivity contribution in [3.63, 3.8) is 0 Å². The van der Waals surface area contributed by atoms with E-state index in [2.05, 4.69) is 37.1 Å². The predicted octanol–water partition coefficient (Wildman–Crippen LogP) is 1.86. The third-order valence-electron chi connectivity index (χ3n) is 7.91. The number of nitrogens with one attached hydrogen (secondary N) is 2. The van der Waals surface area contributed by atoms with Gasteiger partial charge in [0.2, 0.25) is 0 Å². The number of amides is 2. The first kappa shape index (κ1) is 30.3. The van der Waals surface area contributed by atoms with Crippen LogP contribution in [0.1, 0.15) is 50.5 Å². The number of pyridine rings is 1. The van der Waals surface area contributed by atoms with Gasteiger partial charge in [0.1, 0.15) is 5.56 Å². The van der Waals surface area contributed by atoms with Gasteiger partial charge in [0.25, 0.3) is 27.6 Å². The summed E-state index contributed by atoms with van der Waals surface area (Å²) in [7, 11) is -0.939. The minimum Gasteiger partial charge on any atom is -0.344 e. The largest absolute Gasteiger partial charge is 0.344 e. The minimum atomic E-state index is -4.32. The second kappa shape index (κ2) is 11.2. The van der Waals surface area contributed by atoms with E-state index in [1.54, 1.807) is 86.6 Å². The molecule has 16 heteroatoms. The van der Waals surface area contributed by atoms with Gasteiger partial charge in [-0.2, -0.15) is 13.5 Å². The lowest BCUT2D eigenvalue weighted by Crippen LogP contribution is -2.35. The van der Waals surface area contributed by atoms with Crippen molar-refractivity contribution in [1.82, 2.24) is 34.3 Å². The van der Waals surface area contributed by atoms with E-state index in [9.17, 15) is 22.8 Å². The summed E-state index contributed by atoms with van der Waals surface area (Å²) in [6.07, 6.45) is 6.26. The maximum Gasteiger partial charge on any atom is 0.297 e. The number of benzene rings is 2. The highest BCUT2D eigenvalue weighted by molar-refractivity contribution is 7.90. The van der Waals surface area contributed by atoms with Crippen molar-refractivity contribution in [2.24, 2.45) is 12.2 Å². The molecule has 240 valence electrons. The number of anilines is 2. The molecule has 0 aliphatic carbocycles. The predicted molar refractivity (Wildman–Crippen MR) is 177 cm³/mol. The highest BCUT2D eigenvalue weighted by Crippen LogP contribution is 2.40. The Morgan fingerprint density at radius 1 is 1.02 bits per heavy atom. The van der Waals surface area contributed by atoms with Crippen molar-refractivity contribution < 1.29 is 18.0 Å². The number of carbonyl (C=O) groups excluding carboxylic acids is 2. The van der Waals surface area contributed by atoms with Crippen LogP contribution in [0.5, 0.6) is 0 Å². The second-order valence-corrected chi connectivity index (χ2v) is 12.4. The van der Waals surface area contributed by atoms with Crippen LogP contribution in [0.15, 0.2) is 78.1 Å². The summed E-state index contributed by atoms with van der Waals surface area (Å²) in [5.74, 6) is 4.62. The zero-order valence-electron chi connectivity index (χ0n) is 25.7. The van der Waals surface area contributed by atoms with E-state index in [1.807, 2.05) is 0 Å². The van der Waals surface area contributed by atoms with Crippen molar-refractivity contribution in [2.45, 2.75) is 13.0 Å². The number of hydrogen-bond donors (Lipinski definition) is 3. The van der Waals surface area contributed by atoms with Crippen LogP contribution < -0.4 is 25.6 Å². The first-order chi connectivity index (χ1) is 22.9. The summed E-state index contributed by atoms with van der Waals surface area (Å²) in [4.78, 5) is 48.3. The van der Waals surface area contributed by atoms with Crippen LogP contribution in [0.25, 0.3) is 22.1 Å². The Labute approximate surface area is 272 Å². The molecule has 7 rings (SSSR count). The number of aromatic nitrogens is 6. The quantitative estimate of drug-likeness (QED) is 0.225. The summed E-state index contributed by atoms with van der Waals surface area (Å²) < 4.78 is 30.2. The Morgan fingerprint density at radius 3 is 2.50 bits per heavy atom. The molecule has 0 radical (unpaired) electrons. The van der Waals surface area contributed by atoms with E-state index in [4.69, 9.17) is 5.14 Å². The summed E-state index contributed by atoms with van der Waals surface area (Å²) in [6.45, 7) is 1.62. The van der Waals surface area contributed by atoms with E-state index in [0.29, 0.717) is 27.9 Å². The summed E-state index contributed by atoms with van der Waals surface area (Å²) >= 11 is 0. The van der Waals surface area contributed by atoms with E-state index in [1.165, 1.54) is 26.4 Å². The van der Waals surface area contributed by atoms with Crippen LogP contribution in [0, 0.1) is 11.8 Å². The number of aryl methyl sites for hydroxylation is 1. The SMILES string of the molecule is CC(NC(=O)c1c(NS(N)(=O)=O)nn2cccnc12)c1c2c3c(ccc(C#Cc4cnn(C)c4)c3c(=O)n1-c1ccccc1)N(C)C2=O. The molecule has 0 saturated carbocycles. The molecule has 4 N–H and O–H groups in total. The molecule has 0 fully saturated rings. The lowest BCUT2D eigenvalue weighted by molar-refractivity contribution is 0.0935. The molecule has 15 nitrogen and oxygen atoms in total. The molecule has 1 aliphatic heterocycles. The lowest BCUT2D eigenvalue weighted by Gasteiger charge is -2.23. The normalized spacial score (nSPS) is 13.1. The maximum atomic E-state index is 14.7. The monoisotopic (exact) mass is 662 g/mol. The van der Waals surface area contributed by atoms with Gasteiger partial charge in [0, 0.05) is 49.3 Å². The van der Waals surface area contributed by atoms with Crippen molar-refractivity contribution in [3.05, 3.63) is 112 Å². The molecule has 4 aromatic heterocycles. The van der Waals surface area contributed by atoms with Gasteiger partial charge in [-0.3, -0.25) is 28.4 Å². The van der Waals surface area contributed by atoms with Crippen molar-refractivity contribution in [3.8, 4) is 17.5 Å². The van der Waals surface area contributed by atoms with Crippen LogP contribution in [0.4, 0.5) is 11.5 Å². The molecule has 0 saturated heterocycles. The number of hydrogen-bond acceptors (Lipinski definition) is 8. The molecule has 6 aromatic rings. The van der Waals surface area contributed by atoms with Gasteiger partial charge in [0.05, 0.1) is 40.1 Å². The van der Waals surface area contributed by atoms with Crippen molar-refractivity contribution in [1.29, 1.82) is 0 Å². The molecule has 2 amide bonds. The molecular formula is C32H26N10O5S. The Hall–Kier alpha value is -6.31. The summed E-state index contributed by atoms with van der Waals surface area (Å²) in [5.41, 5.74) is 1.83. The van der Waals surface area contributed by atoms with Gasteiger partial charge < -0.3 is 10.2 Å². The number of nitrogens with zero attached hydrogens (tertiary/aromatic N) is 7. The smallest absolute Gasteiger partial charge is 0.297 e. The number of carbonyl (C=O) groups is 2. The van der Waals surface area contributed by atoms with E-state index < -0.39 is 27.7 Å². The third-order valence-corrected chi connectivity index (χ3v) is 8.38. The Balaban J connectivity index is 1.45. The average Bonchev–Trinajstić information content (AvgIpc) is 3.70. The van der Waals surface area contributed by atoms with Gasteiger partial charge >= 0.3 is 0 Å². The van der Waals surface area contributed by atoms with Crippen LogP contribution in [-0.2, 0) is 17.3 Å². The standard InChI is InChI=1S/C32H26N10O5S/c1-18(36-30(43)26-28(38-48(33,46)47)37-41-15-7-14-34-29(26)41)27-25-24-22(40(3)31(25)44)13-12-20(11-10-19-16-35-39(2)17-19)23(24)32(45)42(27)21-8-5-4-6-9-21/h4-9,12-18H,1-3H3,(H,36,43)(H,37,38)(H2,33,46,47). The fourth-order valence-corrected chi connectivity index (χ4v) is 6.33. The van der Waals surface area contributed by atoms with Crippen molar-refractivity contribution in [2.75, 3.05) is 16.7 Å². The van der Waals surface area contributed by atoms with Gasteiger partial charge in [0.15, 0.2) is 11.5 Å². The topological polar surface area (TPSA) is 192 Å². The van der Waals surface area contributed by atoms with Crippen LogP contribution >= 0.6 is 0 Å². The average molecular weight is 663 g/mol. The van der Waals surface area contributed by atoms with Gasteiger partial charge in [-0.25, -0.2) is 14.6 Å². The maximum absolute atomic E-state index is 14.7. The zero-order chi connectivity index (χ0) is 33.9. The first-order valence-corrected chi connectivity index (χ1v) is 16.0. The lowest BCUT2D eigenvalue weighted by atomic mass is 9.97. The van der Waals surface area contributed by atoms with E-state index in [-0.39, 0.29) is 39.6 Å². The van der Waals surface area contributed by atoms with E-state index >= 15 is 0 Å². The molecule has 0 spiro atoms. The fraction of sp³-hybridized carbons (Fsp3) is 0.125. The van der Waals surface area contributed by atoms with Gasteiger partial charge in [-0.15, -0.1) is 5.10 Å². The number of nitrogens with two attached hydrogens (primary N) is 1. The molecule has 1 unspecified atom stereocenters. The molecule has 1 atom stereocenters. The second-order valence-electron chi connectivity index (χ2n) is 11.1. The Kier molecular flexibility index (Phi) is 7.07. The van der Waals surface area contributed by atoms with Crippen LogP contribution in [0.2, 0.25) is 0 Å². The Bertz CT molecular complexity index is 2560. The summed E-state index contributed by atoms with van der Waals surface area (Å²) in [5, 5.41) is 17.0. The van der Waals surface area contributed by atoms with Crippen LogP contribution in [0.3, 0.4) is 0 Å². The fourth-order valence-electron chi connectivity index (χ4n) is 5.91. The third kappa shape index (κ3) is 5.03. The molecule has 0 bridgehead atoms. The zero-order valence-corrected chi connectivity index (χ0v) is 26.5. The molecule has 2 aromatic carbocycles. The Morgan fingerprint density at radius 2 is 1.79 bits per heavy atom. The molecule has 1 aliphatic rings. The molecule has 48 heavy (non-hydrogen) atoms. The van der Waals surface area contributed by atoms with Crippen LogP contribution in [-0.4, -0.2) is 56.2 Å². The van der Waals surface area contributed by atoms with Gasteiger partial charge in [-0.1, -0.05) is 30.0 Å². The number of para-hydroxylation sites is 1. The summed E-state index contributed by atoms with van der Waals surface area (Å²) in [6, 6.07) is 12.7. The number of fused-ring (bicyclic) bond motifs is 1. The van der Waals surface area contributed by atoms with Gasteiger partial charge in [-0.05, 0) is 37.3 Å². The molecular weight excluding hydrogens is 636 g/mol. The highest BCUT2D eigenvalue weighted by Gasteiger charge is 2.37. The highest BCUT2D eigenvalue weighted by atomic mass is 32.2.